The molecule has 1 nitrogen and oxygen atoms in total. The molecule has 1 aliphatic rings. The van der Waals surface area contributed by atoms with Gasteiger partial charge in [-0.05, 0) is 0 Å². The molecule has 0 fully saturated rings. The first-order valence-electron chi connectivity index (χ1n) is 13.1. The first-order valence-corrected chi connectivity index (χ1v) is 14.5. The summed E-state index contributed by atoms with van der Waals surface area (Å²) in [5, 5.41) is 2.58. The topological polar surface area (TPSA) is 9.23 Å². The Bertz CT molecular complexity index is 1650. The van der Waals surface area contributed by atoms with Crippen LogP contribution < -0.4 is 28.7 Å². The molecule has 0 saturated carbocycles. The van der Waals surface area contributed by atoms with E-state index in [-0.39, 0.29) is 36.8 Å². The number of hydrogen-bond acceptors (Lipinski definition) is 1. The average molecular weight is 593 g/mol. The molecule has 6 aromatic carbocycles. The van der Waals surface area contributed by atoms with Crippen LogP contribution in [0.4, 0.5) is 0 Å². The molecule has 7 rings (SSSR count). The second-order valence-corrected chi connectivity index (χ2v) is 11.2. The van der Waals surface area contributed by atoms with Crippen LogP contribution in [0.3, 0.4) is 0 Å². The summed E-state index contributed by atoms with van der Waals surface area (Å²) in [4.78, 5) is 0. The Hall–Kier alpha value is -3.17. The molecule has 0 aromatic heterocycles. The Morgan fingerprint density at radius 3 is 1.57 bits per heavy atom. The van der Waals surface area contributed by atoms with Crippen molar-refractivity contribution in [3.8, 4) is 11.1 Å². The summed E-state index contributed by atoms with van der Waals surface area (Å²) in [6.07, 6.45) is -0.0904. The normalized spacial score (nSPS) is 11.7. The van der Waals surface area contributed by atoms with Gasteiger partial charge in [0.25, 0.3) is 0 Å². The predicted molar refractivity (Wildman–Crippen MR) is 152 cm³/mol. The van der Waals surface area contributed by atoms with Crippen LogP contribution in [0, 0.1) is 0 Å². The van der Waals surface area contributed by atoms with E-state index in [9.17, 15) is 0 Å². The van der Waals surface area contributed by atoms with Crippen molar-refractivity contribution in [3.05, 3.63) is 173 Å². The second-order valence-electron chi connectivity index (χ2n) is 9.78. The molecule has 40 heavy (non-hydrogen) atoms. The van der Waals surface area contributed by atoms with E-state index in [4.69, 9.17) is 3.32 Å². The van der Waals surface area contributed by atoms with Crippen LogP contribution in [0.1, 0.15) is 39.8 Å². The molecule has 0 N–H and O–H groups in total. The molecule has 0 unspecified atom stereocenters. The quantitative estimate of drug-likeness (QED) is 0.270. The third kappa shape index (κ3) is 5.17. The van der Waals surface area contributed by atoms with Crippen LogP contribution in [-0.2, 0) is 22.9 Å². The molecule has 0 amide bonds. The molecule has 6 aromatic rings. The number of halogens is 2. The van der Waals surface area contributed by atoms with Crippen LogP contribution >= 0.6 is 0 Å². The Morgan fingerprint density at radius 2 is 0.975 bits per heavy atom. The van der Waals surface area contributed by atoms with Gasteiger partial charge in [-0.15, -0.1) is 0 Å². The maximum absolute atomic E-state index is 7.01. The first-order chi connectivity index (χ1) is 18.9. The van der Waals surface area contributed by atoms with E-state index in [1.165, 1.54) is 53.6 Å². The molecule has 0 atom stereocenters. The van der Waals surface area contributed by atoms with Gasteiger partial charge in [0.05, 0.1) is 0 Å². The van der Waals surface area contributed by atoms with E-state index in [1.807, 2.05) is 0 Å². The van der Waals surface area contributed by atoms with Crippen LogP contribution in [0.5, 0.6) is 0 Å². The Kier molecular flexibility index (Phi) is 8.91. The van der Waals surface area contributed by atoms with Gasteiger partial charge in [0.2, 0.25) is 0 Å². The minimum atomic E-state index is -0.966. The fraction of sp³-hybridized carbons (Fsp3) is 0.0556. The third-order valence-corrected chi connectivity index (χ3v) is 9.33. The van der Waals surface area contributed by atoms with E-state index in [1.54, 1.807) is 0 Å². The van der Waals surface area contributed by atoms with Crippen molar-refractivity contribution in [2.24, 2.45) is 0 Å². The van der Waals surface area contributed by atoms with Crippen LogP contribution in [0.25, 0.3) is 21.9 Å². The van der Waals surface area contributed by atoms with Gasteiger partial charge >= 0.3 is 234 Å². The molecule has 0 radical (unpaired) electrons. The van der Waals surface area contributed by atoms with E-state index >= 15 is 0 Å². The summed E-state index contributed by atoms with van der Waals surface area (Å²) in [5.74, 6) is 0.209. The molecule has 1 aliphatic carbocycles. The van der Waals surface area contributed by atoms with E-state index in [0.29, 0.717) is 0 Å². The van der Waals surface area contributed by atoms with Crippen molar-refractivity contribution in [3.63, 3.8) is 0 Å². The van der Waals surface area contributed by atoms with Crippen LogP contribution in [0.2, 0.25) is 0 Å². The standard InChI is InChI=1S/C23H15.C13H11O.2ClH.Ti/c1-2-8-17-15-18(14-13-16(17)7-1)23-21-11-5-3-9-19(21)20-10-4-6-12-22(20)23;14-13(11-7-3-1-4-8-11)12-9-5-2-6-10-12;;;/h1-14,23H;1-10,13H;2*1H;/q;-1;;;+3/p-2. The summed E-state index contributed by atoms with van der Waals surface area (Å²) in [5.41, 5.74) is 9.24. The fourth-order valence-electron chi connectivity index (χ4n) is 5.84. The molecule has 194 valence electrons. The Balaban J connectivity index is 0.00000161. The second kappa shape index (κ2) is 12.6. The van der Waals surface area contributed by atoms with Crippen molar-refractivity contribution in [2.45, 2.75) is 12.0 Å². The van der Waals surface area contributed by atoms with E-state index in [0.717, 1.165) is 0 Å². The zero-order chi connectivity index (χ0) is 25.3. The van der Waals surface area contributed by atoms with Crippen molar-refractivity contribution in [1.82, 2.24) is 0 Å². The fourth-order valence-corrected chi connectivity index (χ4v) is 7.70. The molecule has 0 heterocycles. The van der Waals surface area contributed by atoms with Crippen molar-refractivity contribution < 1.29 is 47.7 Å². The van der Waals surface area contributed by atoms with Gasteiger partial charge in [0, 0.05) is 0 Å². The molecule has 0 aliphatic heterocycles. The molecule has 0 saturated heterocycles. The van der Waals surface area contributed by atoms with E-state index < -0.39 is 19.5 Å². The van der Waals surface area contributed by atoms with Gasteiger partial charge in [0.1, 0.15) is 0 Å². The van der Waals surface area contributed by atoms with Gasteiger partial charge in [-0.1, -0.05) is 0 Å². The van der Waals surface area contributed by atoms with Gasteiger partial charge in [-0.2, -0.15) is 0 Å². The van der Waals surface area contributed by atoms with Gasteiger partial charge < -0.3 is 24.8 Å². The zero-order valence-electron chi connectivity index (χ0n) is 21.7. The van der Waals surface area contributed by atoms with Crippen molar-refractivity contribution in [1.29, 1.82) is 0 Å². The third-order valence-electron chi connectivity index (χ3n) is 7.59. The first kappa shape index (κ1) is 28.4. The predicted octanol–water partition coefficient (Wildman–Crippen LogP) is 2.44. The van der Waals surface area contributed by atoms with Crippen molar-refractivity contribution >= 4 is 14.6 Å². The summed E-state index contributed by atoms with van der Waals surface area (Å²) >= 11 is -0.966. The molecular formula is C36H26Cl2OTi. The molecule has 0 spiro atoms. The monoisotopic (exact) mass is 592 g/mol. The minimum absolute atomic E-state index is 0. The number of rotatable bonds is 6. The van der Waals surface area contributed by atoms with E-state index in [2.05, 4.69) is 146 Å². The number of benzene rings is 6. The Morgan fingerprint density at radius 1 is 0.475 bits per heavy atom. The molecule has 0 bridgehead atoms. The van der Waals surface area contributed by atoms with Gasteiger partial charge in [-0.25, -0.2) is 0 Å². The van der Waals surface area contributed by atoms with Crippen molar-refractivity contribution in [2.75, 3.05) is 0 Å². The number of fused-ring (bicyclic) bond motifs is 4. The summed E-state index contributed by atoms with van der Waals surface area (Å²) in [6, 6.07) is 52.5. The van der Waals surface area contributed by atoms with Gasteiger partial charge in [-0.3, -0.25) is 0 Å². The SMILES string of the molecule is [Cl-].[Cl-].c1ccc(C([O][Ti+2][c]2c(C3c4ccccc4-c4ccccc43)ccc3ccccc23)c2ccccc2)cc1. The summed E-state index contributed by atoms with van der Waals surface area (Å²) < 4.78 is 8.40. The van der Waals surface area contributed by atoms with Gasteiger partial charge in [0.15, 0.2) is 0 Å². The number of hydrogen-bond donors (Lipinski definition) is 0. The molecular weight excluding hydrogens is 567 g/mol. The average Bonchev–Trinajstić information content (AvgIpc) is 3.33. The summed E-state index contributed by atoms with van der Waals surface area (Å²) in [6.45, 7) is 0. The summed E-state index contributed by atoms with van der Waals surface area (Å²) in [7, 11) is 0. The Labute approximate surface area is 257 Å². The zero-order valence-corrected chi connectivity index (χ0v) is 24.7. The maximum atomic E-state index is 7.01. The molecule has 4 heteroatoms. The van der Waals surface area contributed by atoms with Crippen LogP contribution in [-0.4, -0.2) is 0 Å². The van der Waals surface area contributed by atoms with Crippen LogP contribution in [0.15, 0.2) is 146 Å².